The number of nitrogens with zero attached hydrogens (tertiary/aromatic N) is 3. The fourth-order valence-corrected chi connectivity index (χ4v) is 5.50. The third-order valence-corrected chi connectivity index (χ3v) is 7.29. The molecule has 8 nitrogen and oxygen atoms in total. The van der Waals surface area contributed by atoms with Gasteiger partial charge in [-0.3, -0.25) is 4.79 Å². The largest absolute Gasteiger partial charge is 0.338 e. The molecule has 0 aliphatic carbocycles. The summed E-state index contributed by atoms with van der Waals surface area (Å²) < 4.78 is 26.3. The van der Waals surface area contributed by atoms with Crippen molar-refractivity contribution in [3.63, 3.8) is 0 Å². The van der Waals surface area contributed by atoms with Crippen molar-refractivity contribution >= 4 is 27.6 Å². The lowest BCUT2D eigenvalue weighted by Crippen LogP contribution is -2.56. The van der Waals surface area contributed by atoms with Crippen LogP contribution >= 0.6 is 0 Å². The lowest BCUT2D eigenvalue weighted by atomic mass is 10.2. The van der Waals surface area contributed by atoms with Crippen LogP contribution in [0.25, 0.3) is 0 Å². The second-order valence-corrected chi connectivity index (χ2v) is 9.23. The molecule has 2 aliphatic rings. The summed E-state index contributed by atoms with van der Waals surface area (Å²) in [6.07, 6.45) is 1.81. The number of piperazine rings is 1. The van der Waals surface area contributed by atoms with Crippen LogP contribution in [0, 0.1) is 0 Å². The Hall–Kier alpha value is -2.13. The number of hydrogen-bond acceptors (Lipinski definition) is 4. The van der Waals surface area contributed by atoms with Gasteiger partial charge in [0.1, 0.15) is 6.04 Å². The van der Waals surface area contributed by atoms with E-state index in [9.17, 15) is 18.0 Å². The Bertz CT molecular complexity index is 791. The molecule has 154 valence electrons. The molecule has 3 amide bonds. The van der Waals surface area contributed by atoms with Gasteiger partial charge in [0.05, 0.1) is 5.75 Å². The molecule has 0 bridgehead atoms. The van der Waals surface area contributed by atoms with Gasteiger partial charge in [0.25, 0.3) is 0 Å². The number of para-hydroxylation sites is 1. The van der Waals surface area contributed by atoms with Crippen molar-refractivity contribution in [2.24, 2.45) is 0 Å². The number of benzene rings is 1. The minimum Gasteiger partial charge on any atom is -0.338 e. The van der Waals surface area contributed by atoms with Gasteiger partial charge in [-0.1, -0.05) is 25.1 Å². The number of carbonyl (C=O) groups is 2. The lowest BCUT2D eigenvalue weighted by molar-refractivity contribution is -0.136. The van der Waals surface area contributed by atoms with E-state index in [1.807, 2.05) is 37.3 Å². The van der Waals surface area contributed by atoms with Gasteiger partial charge in [-0.15, -0.1) is 0 Å². The standard InChI is InChI=1S/C19H28N4O4S/c1-2-15-28(26,27)23-10-6-9-17(23)18(24)21-11-13-22(14-12-21)19(25)20-16-7-4-3-5-8-16/h3-5,7-8,17H,2,6,9-15H2,1H3,(H,20,25). The normalized spacial score (nSPS) is 21.0. The maximum atomic E-state index is 12.9. The van der Waals surface area contributed by atoms with Crippen LogP contribution in [-0.4, -0.2) is 79.0 Å². The summed E-state index contributed by atoms with van der Waals surface area (Å²) in [5.74, 6) is -0.0650. The summed E-state index contributed by atoms with van der Waals surface area (Å²) in [4.78, 5) is 28.7. The van der Waals surface area contributed by atoms with E-state index in [0.29, 0.717) is 52.0 Å². The average molecular weight is 409 g/mol. The van der Waals surface area contributed by atoms with E-state index < -0.39 is 16.1 Å². The number of hydrogen-bond donors (Lipinski definition) is 1. The number of sulfonamides is 1. The molecule has 3 rings (SSSR count). The minimum absolute atomic E-state index is 0.0736. The molecule has 1 unspecified atom stereocenters. The summed E-state index contributed by atoms with van der Waals surface area (Å²) in [6, 6.07) is 8.45. The van der Waals surface area contributed by atoms with Gasteiger partial charge in [-0.05, 0) is 31.4 Å². The maximum Gasteiger partial charge on any atom is 0.321 e. The van der Waals surface area contributed by atoms with Crippen LogP contribution in [0.4, 0.5) is 10.5 Å². The van der Waals surface area contributed by atoms with Gasteiger partial charge >= 0.3 is 6.03 Å². The zero-order chi connectivity index (χ0) is 20.1. The van der Waals surface area contributed by atoms with Gasteiger partial charge < -0.3 is 15.1 Å². The molecule has 0 spiro atoms. The predicted molar refractivity (Wildman–Crippen MR) is 107 cm³/mol. The number of nitrogens with one attached hydrogen (secondary N) is 1. The number of amides is 3. The molecule has 0 radical (unpaired) electrons. The Labute approximate surface area is 166 Å². The zero-order valence-corrected chi connectivity index (χ0v) is 17.0. The van der Waals surface area contributed by atoms with Crippen molar-refractivity contribution in [2.75, 3.05) is 43.8 Å². The smallest absolute Gasteiger partial charge is 0.321 e. The van der Waals surface area contributed by atoms with Crippen molar-refractivity contribution in [2.45, 2.75) is 32.2 Å². The fourth-order valence-electron chi connectivity index (χ4n) is 3.76. The quantitative estimate of drug-likeness (QED) is 0.801. The lowest BCUT2D eigenvalue weighted by Gasteiger charge is -2.37. The predicted octanol–water partition coefficient (Wildman–Crippen LogP) is 1.57. The van der Waals surface area contributed by atoms with E-state index in [-0.39, 0.29) is 17.7 Å². The Morgan fingerprint density at radius 2 is 1.68 bits per heavy atom. The second kappa shape index (κ2) is 8.91. The number of urea groups is 1. The Kier molecular flexibility index (Phi) is 6.56. The number of carbonyl (C=O) groups excluding carboxylic acids is 2. The topological polar surface area (TPSA) is 90.0 Å². The highest BCUT2D eigenvalue weighted by molar-refractivity contribution is 7.89. The molecular weight excluding hydrogens is 380 g/mol. The molecule has 1 aromatic carbocycles. The summed E-state index contributed by atoms with van der Waals surface area (Å²) >= 11 is 0. The first-order chi connectivity index (χ1) is 13.4. The first-order valence-corrected chi connectivity index (χ1v) is 11.4. The summed E-state index contributed by atoms with van der Waals surface area (Å²) in [7, 11) is -3.39. The second-order valence-electron chi connectivity index (χ2n) is 7.19. The van der Waals surface area contributed by atoms with Crippen molar-refractivity contribution in [3.05, 3.63) is 30.3 Å². The Morgan fingerprint density at radius 3 is 2.32 bits per heavy atom. The van der Waals surface area contributed by atoms with Crippen LogP contribution in [0.15, 0.2) is 30.3 Å². The molecular formula is C19H28N4O4S. The molecule has 28 heavy (non-hydrogen) atoms. The fraction of sp³-hybridized carbons (Fsp3) is 0.579. The van der Waals surface area contributed by atoms with Gasteiger partial charge in [0, 0.05) is 38.4 Å². The highest BCUT2D eigenvalue weighted by Gasteiger charge is 2.40. The van der Waals surface area contributed by atoms with Crippen molar-refractivity contribution in [1.82, 2.24) is 14.1 Å². The zero-order valence-electron chi connectivity index (χ0n) is 16.2. The highest BCUT2D eigenvalue weighted by Crippen LogP contribution is 2.24. The van der Waals surface area contributed by atoms with Crippen LogP contribution in [0.2, 0.25) is 0 Å². The molecule has 2 saturated heterocycles. The molecule has 2 aliphatic heterocycles. The summed E-state index contributed by atoms with van der Waals surface area (Å²) in [5, 5.41) is 2.85. The molecule has 0 saturated carbocycles. The van der Waals surface area contributed by atoms with E-state index in [0.717, 1.165) is 5.69 Å². The Balaban J connectivity index is 1.55. The third-order valence-electron chi connectivity index (χ3n) is 5.21. The first-order valence-electron chi connectivity index (χ1n) is 9.81. The molecule has 1 N–H and O–H groups in total. The van der Waals surface area contributed by atoms with E-state index in [4.69, 9.17) is 0 Å². The van der Waals surface area contributed by atoms with Crippen molar-refractivity contribution in [3.8, 4) is 0 Å². The number of anilines is 1. The van der Waals surface area contributed by atoms with Gasteiger partial charge in [-0.25, -0.2) is 13.2 Å². The van der Waals surface area contributed by atoms with Gasteiger partial charge in [0.2, 0.25) is 15.9 Å². The summed E-state index contributed by atoms with van der Waals surface area (Å²) in [5.41, 5.74) is 0.730. The molecule has 1 aromatic rings. The molecule has 0 aromatic heterocycles. The molecule has 2 heterocycles. The molecule has 2 fully saturated rings. The highest BCUT2D eigenvalue weighted by atomic mass is 32.2. The third kappa shape index (κ3) is 4.64. The van der Waals surface area contributed by atoms with E-state index in [1.165, 1.54) is 4.31 Å². The van der Waals surface area contributed by atoms with Crippen LogP contribution in [-0.2, 0) is 14.8 Å². The maximum absolute atomic E-state index is 12.9. The van der Waals surface area contributed by atoms with Gasteiger partial charge in [0.15, 0.2) is 0 Å². The van der Waals surface area contributed by atoms with Crippen molar-refractivity contribution in [1.29, 1.82) is 0 Å². The van der Waals surface area contributed by atoms with Crippen LogP contribution in [0.5, 0.6) is 0 Å². The first kappa shape index (κ1) is 20.6. The monoisotopic (exact) mass is 408 g/mol. The summed E-state index contributed by atoms with van der Waals surface area (Å²) in [6.45, 7) is 3.93. The minimum atomic E-state index is -3.39. The van der Waals surface area contributed by atoms with Crippen LogP contribution in [0.1, 0.15) is 26.2 Å². The van der Waals surface area contributed by atoms with Crippen LogP contribution in [0.3, 0.4) is 0 Å². The van der Waals surface area contributed by atoms with Gasteiger partial charge in [-0.2, -0.15) is 4.31 Å². The average Bonchev–Trinajstić information content (AvgIpc) is 3.19. The van der Waals surface area contributed by atoms with E-state index in [2.05, 4.69) is 5.32 Å². The molecule has 9 heteroatoms. The van der Waals surface area contributed by atoms with E-state index >= 15 is 0 Å². The Morgan fingerprint density at radius 1 is 1.04 bits per heavy atom. The van der Waals surface area contributed by atoms with Crippen molar-refractivity contribution < 1.29 is 18.0 Å². The number of rotatable bonds is 5. The van der Waals surface area contributed by atoms with Crippen LogP contribution < -0.4 is 5.32 Å². The molecule has 1 atom stereocenters. The van der Waals surface area contributed by atoms with E-state index in [1.54, 1.807) is 9.80 Å². The SMILES string of the molecule is CCCS(=O)(=O)N1CCCC1C(=O)N1CCN(C(=O)Nc2ccccc2)CC1.